The maximum absolute atomic E-state index is 13.2. The van der Waals surface area contributed by atoms with Gasteiger partial charge in [-0.25, -0.2) is 0 Å². The number of nitrogens with zero attached hydrogens (tertiary/aromatic N) is 2. The van der Waals surface area contributed by atoms with Crippen molar-refractivity contribution in [2.75, 3.05) is 26.3 Å². The van der Waals surface area contributed by atoms with Gasteiger partial charge >= 0.3 is 0 Å². The van der Waals surface area contributed by atoms with Crippen molar-refractivity contribution in [2.45, 2.75) is 39.5 Å². The molecule has 2 aliphatic rings. The Hall–Kier alpha value is -2.05. The Morgan fingerprint density at radius 2 is 2.08 bits per heavy atom. The molecule has 6 heteroatoms. The fourth-order valence-corrected chi connectivity index (χ4v) is 4.06. The molecule has 0 aliphatic carbocycles. The largest absolute Gasteiger partial charge is 0.467 e. The molecule has 2 aliphatic heterocycles. The summed E-state index contributed by atoms with van der Waals surface area (Å²) in [5.74, 6) is 1.26. The highest BCUT2D eigenvalue weighted by molar-refractivity contribution is 5.95. The van der Waals surface area contributed by atoms with E-state index in [4.69, 9.17) is 13.9 Å². The minimum Gasteiger partial charge on any atom is -0.467 e. The number of hydrogen-bond donors (Lipinski definition) is 0. The van der Waals surface area contributed by atoms with Crippen LogP contribution in [0.4, 0.5) is 0 Å². The maximum Gasteiger partial charge on any atom is 0.255 e. The van der Waals surface area contributed by atoms with Crippen molar-refractivity contribution < 1.29 is 18.7 Å². The first-order valence-electron chi connectivity index (χ1n) is 9.35. The van der Waals surface area contributed by atoms with Crippen molar-refractivity contribution in [1.82, 2.24) is 9.47 Å². The zero-order valence-electron chi connectivity index (χ0n) is 15.4. The van der Waals surface area contributed by atoms with Crippen molar-refractivity contribution in [3.8, 4) is 0 Å². The maximum atomic E-state index is 13.2. The van der Waals surface area contributed by atoms with Gasteiger partial charge in [0.25, 0.3) is 5.91 Å². The summed E-state index contributed by atoms with van der Waals surface area (Å²) in [4.78, 5) is 15.1. The molecule has 0 spiro atoms. The van der Waals surface area contributed by atoms with Crippen LogP contribution in [0.5, 0.6) is 0 Å². The average Bonchev–Trinajstić information content (AvgIpc) is 3.40. The summed E-state index contributed by atoms with van der Waals surface area (Å²) in [6.07, 6.45) is 3.56. The van der Waals surface area contributed by atoms with Crippen LogP contribution in [-0.4, -0.2) is 48.0 Å². The molecule has 1 unspecified atom stereocenters. The number of carbonyl (C=O) groups is 1. The van der Waals surface area contributed by atoms with Gasteiger partial charge < -0.3 is 23.4 Å². The van der Waals surface area contributed by atoms with Crippen molar-refractivity contribution in [3.05, 3.63) is 47.2 Å². The predicted molar refractivity (Wildman–Crippen MR) is 96.0 cm³/mol. The van der Waals surface area contributed by atoms with E-state index >= 15 is 0 Å². The number of aromatic nitrogens is 1. The number of carbonyl (C=O) groups excluding carboxylic acids is 1. The topological polar surface area (TPSA) is 56.8 Å². The molecule has 2 fully saturated rings. The highest BCUT2D eigenvalue weighted by Gasteiger charge is 2.33. The summed E-state index contributed by atoms with van der Waals surface area (Å²) in [5, 5.41) is 0. The lowest BCUT2D eigenvalue weighted by atomic mass is 9.96. The monoisotopic (exact) mass is 358 g/mol. The molecule has 0 aromatic carbocycles. The molecule has 0 radical (unpaired) electrons. The van der Waals surface area contributed by atoms with Gasteiger partial charge in [0.15, 0.2) is 6.29 Å². The van der Waals surface area contributed by atoms with E-state index in [-0.39, 0.29) is 18.1 Å². The van der Waals surface area contributed by atoms with Crippen LogP contribution in [0.15, 0.2) is 28.9 Å². The molecule has 0 saturated carbocycles. The summed E-state index contributed by atoms with van der Waals surface area (Å²) in [6.45, 7) is 7.49. The molecule has 1 atom stereocenters. The number of piperidine rings is 1. The molecular weight excluding hydrogens is 332 g/mol. The van der Waals surface area contributed by atoms with Gasteiger partial charge in [-0.1, -0.05) is 0 Å². The Morgan fingerprint density at radius 3 is 2.81 bits per heavy atom. The van der Waals surface area contributed by atoms with Crippen molar-refractivity contribution in [1.29, 1.82) is 0 Å². The predicted octanol–water partition coefficient (Wildman–Crippen LogP) is 2.97. The Kier molecular flexibility index (Phi) is 4.87. The van der Waals surface area contributed by atoms with Crippen LogP contribution in [0, 0.1) is 19.8 Å². The molecule has 26 heavy (non-hydrogen) atoms. The highest BCUT2D eigenvalue weighted by Crippen LogP contribution is 2.27. The van der Waals surface area contributed by atoms with E-state index in [0.29, 0.717) is 26.3 Å². The summed E-state index contributed by atoms with van der Waals surface area (Å²) in [6, 6.07) is 5.83. The molecule has 1 amide bonds. The van der Waals surface area contributed by atoms with Crippen LogP contribution < -0.4 is 0 Å². The summed E-state index contributed by atoms with van der Waals surface area (Å²) < 4.78 is 18.9. The SMILES string of the molecule is Cc1cc(C(=O)N2CCCC(C3OCCO3)C2)c(C)n1Cc1ccco1. The number of aryl methyl sites for hydroxylation is 1. The van der Waals surface area contributed by atoms with Crippen LogP contribution in [0.3, 0.4) is 0 Å². The highest BCUT2D eigenvalue weighted by atomic mass is 16.7. The number of hydrogen-bond acceptors (Lipinski definition) is 4. The number of furan rings is 1. The van der Waals surface area contributed by atoms with Crippen LogP contribution in [0.1, 0.15) is 40.3 Å². The molecule has 2 aromatic heterocycles. The van der Waals surface area contributed by atoms with Crippen molar-refractivity contribution in [2.24, 2.45) is 5.92 Å². The molecule has 140 valence electrons. The lowest BCUT2D eigenvalue weighted by Crippen LogP contribution is -2.44. The van der Waals surface area contributed by atoms with Crippen LogP contribution in [0.25, 0.3) is 0 Å². The van der Waals surface area contributed by atoms with Crippen molar-refractivity contribution in [3.63, 3.8) is 0 Å². The van der Waals surface area contributed by atoms with E-state index in [2.05, 4.69) is 4.57 Å². The van der Waals surface area contributed by atoms with Gasteiger partial charge in [0.1, 0.15) is 5.76 Å². The minimum atomic E-state index is -0.156. The zero-order valence-corrected chi connectivity index (χ0v) is 15.4. The third-order valence-electron chi connectivity index (χ3n) is 5.48. The lowest BCUT2D eigenvalue weighted by molar-refractivity contribution is -0.0969. The number of rotatable bonds is 4. The van der Waals surface area contributed by atoms with Crippen LogP contribution >= 0.6 is 0 Å². The zero-order chi connectivity index (χ0) is 18.1. The van der Waals surface area contributed by atoms with E-state index in [0.717, 1.165) is 42.1 Å². The first kappa shape index (κ1) is 17.4. The molecule has 4 rings (SSSR count). The van der Waals surface area contributed by atoms with Crippen LogP contribution in [-0.2, 0) is 16.0 Å². The van der Waals surface area contributed by atoms with Gasteiger partial charge in [0, 0.05) is 30.4 Å². The minimum absolute atomic E-state index is 0.103. The number of ether oxygens (including phenoxy) is 2. The summed E-state index contributed by atoms with van der Waals surface area (Å²) >= 11 is 0. The van der Waals surface area contributed by atoms with Gasteiger partial charge in [-0.2, -0.15) is 0 Å². The molecular formula is C20H26N2O4. The molecule has 2 aromatic rings. The van der Waals surface area contributed by atoms with Crippen molar-refractivity contribution >= 4 is 5.91 Å². The van der Waals surface area contributed by atoms with Gasteiger partial charge in [-0.3, -0.25) is 4.79 Å². The smallest absolute Gasteiger partial charge is 0.255 e. The standard InChI is InChI=1S/C20H26N2O4/c1-14-11-18(15(2)22(14)13-17-6-4-8-24-17)19(23)21-7-3-5-16(12-21)20-25-9-10-26-20/h4,6,8,11,16,20H,3,5,7,9-10,12-13H2,1-2H3. The van der Waals surface area contributed by atoms with Gasteiger partial charge in [0.05, 0.1) is 31.6 Å². The molecule has 0 N–H and O–H groups in total. The Bertz CT molecular complexity index is 759. The van der Waals surface area contributed by atoms with E-state index in [1.165, 1.54) is 0 Å². The first-order valence-corrected chi connectivity index (χ1v) is 9.35. The Labute approximate surface area is 153 Å². The number of amides is 1. The lowest BCUT2D eigenvalue weighted by Gasteiger charge is -2.34. The second-order valence-corrected chi connectivity index (χ2v) is 7.21. The average molecular weight is 358 g/mol. The molecule has 2 saturated heterocycles. The molecule has 0 bridgehead atoms. The normalized spacial score (nSPS) is 21.5. The quantitative estimate of drug-likeness (QED) is 0.843. The second kappa shape index (κ2) is 7.29. The first-order chi connectivity index (χ1) is 12.6. The third-order valence-corrected chi connectivity index (χ3v) is 5.48. The van der Waals surface area contributed by atoms with Gasteiger partial charge in [0.2, 0.25) is 0 Å². The summed E-state index contributed by atoms with van der Waals surface area (Å²) in [7, 11) is 0. The number of likely N-dealkylation sites (tertiary alicyclic amines) is 1. The summed E-state index contributed by atoms with van der Waals surface area (Å²) in [5.41, 5.74) is 2.83. The molecule has 4 heterocycles. The fourth-order valence-electron chi connectivity index (χ4n) is 4.06. The van der Waals surface area contributed by atoms with E-state index in [9.17, 15) is 4.79 Å². The fraction of sp³-hybridized carbons (Fsp3) is 0.550. The third kappa shape index (κ3) is 3.31. The Balaban J connectivity index is 1.50. The van der Waals surface area contributed by atoms with E-state index in [1.54, 1.807) is 6.26 Å². The van der Waals surface area contributed by atoms with E-state index < -0.39 is 0 Å². The Morgan fingerprint density at radius 1 is 1.27 bits per heavy atom. The van der Waals surface area contributed by atoms with Crippen LogP contribution in [0.2, 0.25) is 0 Å². The van der Waals surface area contributed by atoms with Gasteiger partial charge in [-0.15, -0.1) is 0 Å². The van der Waals surface area contributed by atoms with E-state index in [1.807, 2.05) is 36.9 Å². The molecule has 6 nitrogen and oxygen atoms in total. The van der Waals surface area contributed by atoms with Gasteiger partial charge in [-0.05, 0) is 44.9 Å². The second-order valence-electron chi connectivity index (χ2n) is 7.21.